The van der Waals surface area contributed by atoms with Crippen molar-refractivity contribution in [3.63, 3.8) is 0 Å². The lowest BCUT2D eigenvalue weighted by molar-refractivity contribution is -0.125. The van der Waals surface area contributed by atoms with Crippen molar-refractivity contribution in [3.05, 3.63) is 72.1 Å². The number of carbonyl (C=O) groups is 1. The number of hydrogen-bond acceptors (Lipinski definition) is 3. The van der Waals surface area contributed by atoms with Crippen LogP contribution in [0, 0.1) is 5.82 Å². The zero-order chi connectivity index (χ0) is 16.2. The monoisotopic (exact) mass is 324 g/mol. The zero-order valence-corrected chi connectivity index (χ0v) is 12.9. The van der Waals surface area contributed by atoms with Gasteiger partial charge in [-0.1, -0.05) is 42.5 Å². The van der Waals surface area contributed by atoms with Gasteiger partial charge in [0.2, 0.25) is 0 Å². The molecule has 0 radical (unpaired) electrons. The Morgan fingerprint density at radius 1 is 1.13 bits per heavy atom. The predicted octanol–water partition coefficient (Wildman–Crippen LogP) is 3.73. The Morgan fingerprint density at radius 2 is 1.83 bits per heavy atom. The molecular formula is C18H13FN2OS. The first kappa shape index (κ1) is 15.3. The maximum Gasteiger partial charge on any atom is 0.255 e. The van der Waals surface area contributed by atoms with Gasteiger partial charge in [-0.05, 0) is 42.0 Å². The molecular weight excluding hydrogens is 311 g/mol. The summed E-state index contributed by atoms with van der Waals surface area (Å²) in [5.41, 5.74) is 1.66. The maximum absolute atomic E-state index is 13.1. The molecule has 23 heavy (non-hydrogen) atoms. The van der Waals surface area contributed by atoms with Gasteiger partial charge >= 0.3 is 0 Å². The quantitative estimate of drug-likeness (QED) is 0.488. The van der Waals surface area contributed by atoms with E-state index in [9.17, 15) is 9.18 Å². The average Bonchev–Trinajstić information content (AvgIpc) is 2.58. The molecule has 2 aromatic rings. The molecule has 5 heteroatoms. The third-order valence-corrected chi connectivity index (χ3v) is 3.80. The fourth-order valence-corrected chi connectivity index (χ4v) is 2.66. The first-order valence-electron chi connectivity index (χ1n) is 7.09. The Morgan fingerprint density at radius 3 is 2.48 bits per heavy atom. The van der Waals surface area contributed by atoms with Crippen molar-refractivity contribution < 1.29 is 9.18 Å². The second-order valence-corrected chi connectivity index (χ2v) is 5.29. The molecule has 0 saturated carbocycles. The fourth-order valence-electron chi connectivity index (χ4n) is 2.55. The number of hydrogen-bond donors (Lipinski definition) is 0. The number of β-lactam (4-membered cyclic amide) rings is 1. The molecule has 0 bridgehead atoms. The topological polar surface area (TPSA) is 32.7 Å². The van der Waals surface area contributed by atoms with Crippen molar-refractivity contribution in [2.24, 2.45) is 4.99 Å². The molecule has 114 valence electrons. The van der Waals surface area contributed by atoms with E-state index in [0.29, 0.717) is 5.69 Å². The van der Waals surface area contributed by atoms with E-state index in [-0.39, 0.29) is 17.8 Å². The number of isothiocyanates is 1. The molecule has 3 nitrogen and oxygen atoms in total. The smallest absolute Gasteiger partial charge is 0.255 e. The summed E-state index contributed by atoms with van der Waals surface area (Å²) in [6.45, 7) is 0. The highest BCUT2D eigenvalue weighted by Crippen LogP contribution is 2.31. The van der Waals surface area contributed by atoms with E-state index in [2.05, 4.69) is 22.4 Å². The summed E-state index contributed by atoms with van der Waals surface area (Å²) in [4.78, 5) is 17.8. The molecule has 0 aliphatic carbocycles. The summed E-state index contributed by atoms with van der Waals surface area (Å²) < 4.78 is 13.1. The molecule has 2 unspecified atom stereocenters. The van der Waals surface area contributed by atoms with Crippen LogP contribution in [-0.2, 0) is 4.79 Å². The van der Waals surface area contributed by atoms with E-state index in [1.165, 1.54) is 12.1 Å². The van der Waals surface area contributed by atoms with Crippen LogP contribution in [0.2, 0.25) is 0 Å². The summed E-state index contributed by atoms with van der Waals surface area (Å²) >= 11 is 4.62. The predicted molar refractivity (Wildman–Crippen MR) is 92.0 cm³/mol. The van der Waals surface area contributed by atoms with Crippen LogP contribution in [0.5, 0.6) is 0 Å². The summed E-state index contributed by atoms with van der Waals surface area (Å²) in [5, 5.41) is 2.28. The van der Waals surface area contributed by atoms with Crippen LogP contribution < -0.4 is 4.90 Å². The first-order chi connectivity index (χ1) is 11.2. The SMILES string of the molecule is O=C1C(N=C=S)C(/C=C/c2ccccc2)N1c1ccc(F)cc1. The molecule has 0 aromatic heterocycles. The molecule has 1 aliphatic heterocycles. The maximum atomic E-state index is 13.1. The van der Waals surface area contributed by atoms with Crippen LogP contribution in [-0.4, -0.2) is 23.2 Å². The van der Waals surface area contributed by atoms with Crippen molar-refractivity contribution >= 4 is 35.0 Å². The summed E-state index contributed by atoms with van der Waals surface area (Å²) in [6, 6.07) is 14.7. The van der Waals surface area contributed by atoms with Crippen molar-refractivity contribution in [3.8, 4) is 0 Å². The molecule has 2 aromatic carbocycles. The molecule has 3 rings (SSSR count). The number of nitrogens with zero attached hydrogens (tertiary/aromatic N) is 2. The van der Waals surface area contributed by atoms with Gasteiger partial charge in [0.15, 0.2) is 6.04 Å². The van der Waals surface area contributed by atoms with E-state index in [1.54, 1.807) is 17.0 Å². The minimum atomic E-state index is -0.572. The normalized spacial score (nSPS) is 20.2. The molecule has 1 amide bonds. The van der Waals surface area contributed by atoms with Gasteiger partial charge < -0.3 is 4.90 Å². The van der Waals surface area contributed by atoms with Crippen molar-refractivity contribution in [2.45, 2.75) is 12.1 Å². The Bertz CT molecular complexity index is 782. The number of amides is 1. The second-order valence-electron chi connectivity index (χ2n) is 5.11. The van der Waals surface area contributed by atoms with E-state index < -0.39 is 6.04 Å². The lowest BCUT2D eigenvalue weighted by Gasteiger charge is -2.43. The van der Waals surface area contributed by atoms with Crippen LogP contribution in [0.1, 0.15) is 5.56 Å². The van der Waals surface area contributed by atoms with Crippen LogP contribution in [0.3, 0.4) is 0 Å². The molecule has 0 spiro atoms. The molecule has 1 heterocycles. The van der Waals surface area contributed by atoms with Gasteiger partial charge in [-0.25, -0.2) is 9.38 Å². The number of thiocarbonyl (C=S) groups is 1. The first-order valence-corrected chi connectivity index (χ1v) is 7.50. The second kappa shape index (κ2) is 6.65. The van der Waals surface area contributed by atoms with Crippen LogP contribution in [0.15, 0.2) is 65.7 Å². The van der Waals surface area contributed by atoms with Gasteiger partial charge in [0.25, 0.3) is 5.91 Å². The van der Waals surface area contributed by atoms with Crippen LogP contribution >= 0.6 is 12.2 Å². The molecule has 0 N–H and O–H groups in total. The fraction of sp³-hybridized carbons (Fsp3) is 0.111. The molecule has 1 saturated heterocycles. The van der Waals surface area contributed by atoms with Crippen LogP contribution in [0.25, 0.3) is 6.08 Å². The van der Waals surface area contributed by atoms with Gasteiger partial charge in [0.05, 0.1) is 11.2 Å². The van der Waals surface area contributed by atoms with E-state index >= 15 is 0 Å². The highest BCUT2D eigenvalue weighted by molar-refractivity contribution is 7.78. The van der Waals surface area contributed by atoms with Gasteiger partial charge in [-0.2, -0.15) is 0 Å². The van der Waals surface area contributed by atoms with E-state index in [1.807, 2.05) is 42.5 Å². The molecule has 2 atom stereocenters. The van der Waals surface area contributed by atoms with Gasteiger partial charge in [-0.15, -0.1) is 0 Å². The summed E-state index contributed by atoms with van der Waals surface area (Å²) in [6.07, 6.45) is 3.83. The Hall–Kier alpha value is -2.62. The Labute approximate surface area is 138 Å². The number of rotatable bonds is 4. The lowest BCUT2D eigenvalue weighted by atomic mass is 9.93. The van der Waals surface area contributed by atoms with Crippen molar-refractivity contribution in [2.75, 3.05) is 4.90 Å². The van der Waals surface area contributed by atoms with E-state index in [0.717, 1.165) is 5.56 Å². The molecule has 1 aliphatic rings. The zero-order valence-electron chi connectivity index (χ0n) is 12.1. The highest BCUT2D eigenvalue weighted by Gasteiger charge is 2.46. The van der Waals surface area contributed by atoms with E-state index in [4.69, 9.17) is 0 Å². The standard InChI is InChI=1S/C18H13FN2OS/c19-14-7-9-15(10-8-14)21-16(17(18(21)22)20-12-23)11-6-13-4-2-1-3-5-13/h1-11,16-17H/b11-6+. The molecule has 1 fully saturated rings. The summed E-state index contributed by atoms with van der Waals surface area (Å²) in [7, 11) is 0. The Kier molecular flexibility index (Phi) is 4.42. The van der Waals surface area contributed by atoms with Crippen LogP contribution in [0.4, 0.5) is 10.1 Å². The number of carbonyl (C=O) groups excluding carboxylic acids is 1. The van der Waals surface area contributed by atoms with Gasteiger partial charge in [0, 0.05) is 5.69 Å². The van der Waals surface area contributed by atoms with Gasteiger partial charge in [-0.3, -0.25) is 4.79 Å². The Balaban J connectivity index is 1.89. The van der Waals surface area contributed by atoms with Crippen molar-refractivity contribution in [1.82, 2.24) is 0 Å². The minimum Gasteiger partial charge on any atom is -0.301 e. The largest absolute Gasteiger partial charge is 0.301 e. The van der Waals surface area contributed by atoms with Gasteiger partial charge in [0.1, 0.15) is 5.82 Å². The highest BCUT2D eigenvalue weighted by atomic mass is 32.1. The number of halogens is 1. The third-order valence-electron chi connectivity index (χ3n) is 3.69. The summed E-state index contributed by atoms with van der Waals surface area (Å²) in [5.74, 6) is -0.511. The lowest BCUT2D eigenvalue weighted by Crippen LogP contribution is -2.63. The number of anilines is 1. The average molecular weight is 324 g/mol. The number of benzene rings is 2. The third kappa shape index (κ3) is 3.11. The minimum absolute atomic E-state index is 0.170. The van der Waals surface area contributed by atoms with Crippen molar-refractivity contribution in [1.29, 1.82) is 0 Å². The number of aliphatic imine (C=N–C) groups is 1.